The number of unbranched alkanes of at least 4 members (excludes halogenated alkanes) is 2. The average molecular weight is 591 g/mol. The van der Waals surface area contributed by atoms with Gasteiger partial charge in [0.1, 0.15) is 6.07 Å². The lowest BCUT2D eigenvalue weighted by Gasteiger charge is -2.37. The van der Waals surface area contributed by atoms with Crippen LogP contribution in [0.5, 0.6) is 0 Å². The van der Waals surface area contributed by atoms with Crippen LogP contribution in [0.4, 0.5) is 11.4 Å². The molecule has 3 heterocycles. The van der Waals surface area contributed by atoms with Crippen LogP contribution in [0.1, 0.15) is 82.3 Å². The van der Waals surface area contributed by atoms with Crippen LogP contribution in [0.15, 0.2) is 42.6 Å². The van der Waals surface area contributed by atoms with Gasteiger partial charge in [-0.3, -0.25) is 0 Å². The zero-order chi connectivity index (χ0) is 29.5. The molecule has 2 fully saturated rings. The minimum atomic E-state index is -0.0579. The smallest absolute Gasteiger partial charge is 0.160 e. The second kappa shape index (κ2) is 14.6. The second-order valence-electron chi connectivity index (χ2n) is 12.1. The molecule has 2 saturated heterocycles. The van der Waals surface area contributed by atoms with Crippen molar-refractivity contribution in [1.29, 1.82) is 5.26 Å². The highest BCUT2D eigenvalue weighted by Gasteiger charge is 2.29. The van der Waals surface area contributed by atoms with E-state index >= 15 is 0 Å². The monoisotopic (exact) mass is 590 g/mol. The van der Waals surface area contributed by atoms with Crippen LogP contribution in [0.25, 0.3) is 10.9 Å². The first-order chi connectivity index (χ1) is 20.5. The SMILES string of the molecule is CCCCOC(OCCCC)C1CCN(c2ccc(C3CCN(c4ccc(Cl)c5c(C#N)cn(C)c45)CC3)cc2)CC1. The van der Waals surface area contributed by atoms with Gasteiger partial charge in [0.2, 0.25) is 0 Å². The summed E-state index contributed by atoms with van der Waals surface area (Å²) < 4.78 is 14.4. The molecule has 7 heteroatoms. The molecule has 1 aromatic heterocycles. The number of halogens is 1. The van der Waals surface area contributed by atoms with E-state index in [1.54, 1.807) is 0 Å². The van der Waals surface area contributed by atoms with Crippen molar-refractivity contribution < 1.29 is 9.47 Å². The van der Waals surface area contributed by atoms with Gasteiger partial charge in [-0.1, -0.05) is 50.4 Å². The van der Waals surface area contributed by atoms with Crippen LogP contribution < -0.4 is 9.80 Å². The standard InChI is InChI=1S/C35H47ClN4O2/c1-4-6-22-41-35(42-23-7-5-2)28-16-18-39(19-17-28)30-10-8-26(9-11-30)27-14-20-40(21-15-27)32-13-12-31(36)33-29(24-37)25-38(3)34(32)33/h8-13,25,27-28,35H,4-7,14-23H2,1-3H3. The van der Waals surface area contributed by atoms with Crippen LogP contribution in [-0.2, 0) is 16.5 Å². The molecule has 0 spiro atoms. The van der Waals surface area contributed by atoms with E-state index in [4.69, 9.17) is 21.1 Å². The van der Waals surface area contributed by atoms with Crippen LogP contribution in [0.2, 0.25) is 5.02 Å². The molecule has 2 aliphatic heterocycles. The number of aryl methyl sites for hydroxylation is 1. The lowest BCUT2D eigenvalue weighted by molar-refractivity contribution is -0.177. The van der Waals surface area contributed by atoms with Gasteiger partial charge in [0.25, 0.3) is 0 Å². The van der Waals surface area contributed by atoms with Gasteiger partial charge in [0.15, 0.2) is 6.29 Å². The third-order valence-corrected chi connectivity index (χ3v) is 9.54. The summed E-state index contributed by atoms with van der Waals surface area (Å²) in [5.74, 6) is 1.04. The van der Waals surface area contributed by atoms with Gasteiger partial charge in [0, 0.05) is 69.6 Å². The average Bonchev–Trinajstić information content (AvgIpc) is 3.38. The molecule has 0 saturated carbocycles. The second-order valence-corrected chi connectivity index (χ2v) is 12.5. The topological polar surface area (TPSA) is 53.7 Å². The van der Waals surface area contributed by atoms with Crippen molar-refractivity contribution in [1.82, 2.24) is 4.57 Å². The number of benzene rings is 2. The fourth-order valence-electron chi connectivity index (χ4n) is 6.68. The van der Waals surface area contributed by atoms with Crippen LogP contribution in [0.3, 0.4) is 0 Å². The van der Waals surface area contributed by atoms with Crippen molar-refractivity contribution in [2.45, 2.75) is 77.4 Å². The molecular formula is C35H47ClN4O2. The van der Waals surface area contributed by atoms with Crippen molar-refractivity contribution in [2.75, 3.05) is 49.2 Å². The fraction of sp³-hybridized carbons (Fsp3) is 0.571. The number of fused-ring (bicyclic) bond motifs is 1. The van der Waals surface area contributed by atoms with Crippen molar-refractivity contribution in [2.24, 2.45) is 13.0 Å². The molecular weight excluding hydrogens is 544 g/mol. The molecule has 2 aliphatic rings. The molecule has 0 bridgehead atoms. The summed E-state index contributed by atoms with van der Waals surface area (Å²) in [5.41, 5.74) is 5.62. The number of aromatic nitrogens is 1. The number of hydrogen-bond donors (Lipinski definition) is 0. The van der Waals surface area contributed by atoms with E-state index in [-0.39, 0.29) is 6.29 Å². The predicted molar refractivity (Wildman–Crippen MR) is 174 cm³/mol. The van der Waals surface area contributed by atoms with Crippen molar-refractivity contribution in [3.8, 4) is 6.07 Å². The van der Waals surface area contributed by atoms with E-state index in [2.05, 4.69) is 60.0 Å². The normalized spacial score (nSPS) is 17.0. The third kappa shape index (κ3) is 6.91. The van der Waals surface area contributed by atoms with Crippen LogP contribution in [0, 0.1) is 17.2 Å². The highest BCUT2D eigenvalue weighted by molar-refractivity contribution is 6.36. The number of nitrogens with zero attached hydrogens (tertiary/aromatic N) is 4. The van der Waals surface area contributed by atoms with Crippen molar-refractivity contribution in [3.05, 3.63) is 58.7 Å². The van der Waals surface area contributed by atoms with Gasteiger partial charge >= 0.3 is 0 Å². The highest BCUT2D eigenvalue weighted by Crippen LogP contribution is 2.38. The fourth-order valence-corrected chi connectivity index (χ4v) is 6.93. The number of hydrogen-bond acceptors (Lipinski definition) is 5. The molecule has 6 nitrogen and oxygen atoms in total. The Morgan fingerprint density at radius 2 is 1.50 bits per heavy atom. The minimum absolute atomic E-state index is 0.0579. The van der Waals surface area contributed by atoms with Crippen LogP contribution in [-0.4, -0.2) is 50.2 Å². The highest BCUT2D eigenvalue weighted by atomic mass is 35.5. The summed E-state index contributed by atoms with van der Waals surface area (Å²) in [6.07, 6.45) is 10.8. The Morgan fingerprint density at radius 3 is 2.10 bits per heavy atom. The molecule has 3 aromatic rings. The number of anilines is 2. The largest absolute Gasteiger partial charge is 0.372 e. The Morgan fingerprint density at radius 1 is 0.881 bits per heavy atom. The predicted octanol–water partition coefficient (Wildman–Crippen LogP) is 8.26. The summed E-state index contributed by atoms with van der Waals surface area (Å²) in [5, 5.41) is 11.1. The van der Waals surface area contributed by atoms with Crippen LogP contribution >= 0.6 is 11.6 Å². The summed E-state index contributed by atoms with van der Waals surface area (Å²) in [6, 6.07) is 15.7. The Labute approximate surface area is 257 Å². The maximum absolute atomic E-state index is 9.60. The lowest BCUT2D eigenvalue weighted by atomic mass is 9.89. The molecule has 0 atom stereocenters. The van der Waals surface area contributed by atoms with Crippen molar-refractivity contribution >= 4 is 33.9 Å². The quantitative estimate of drug-likeness (QED) is 0.157. The third-order valence-electron chi connectivity index (χ3n) is 9.22. The Kier molecular flexibility index (Phi) is 10.7. The molecule has 0 aliphatic carbocycles. The van der Waals surface area contributed by atoms with Gasteiger partial charge in [-0.15, -0.1) is 0 Å². The van der Waals surface area contributed by atoms with E-state index in [1.807, 2.05) is 23.9 Å². The molecule has 0 amide bonds. The number of piperidine rings is 2. The zero-order valence-corrected chi connectivity index (χ0v) is 26.4. The number of nitriles is 1. The van der Waals surface area contributed by atoms with E-state index in [1.165, 1.54) is 16.9 Å². The summed E-state index contributed by atoms with van der Waals surface area (Å²) >= 11 is 6.51. The Bertz CT molecular complexity index is 1320. The molecule has 0 unspecified atom stereocenters. The molecule has 5 rings (SSSR count). The van der Waals surface area contributed by atoms with Gasteiger partial charge < -0.3 is 23.8 Å². The first-order valence-corrected chi connectivity index (χ1v) is 16.4. The Balaban J connectivity index is 1.16. The van der Waals surface area contributed by atoms with E-state index in [0.717, 1.165) is 102 Å². The maximum Gasteiger partial charge on any atom is 0.160 e. The van der Waals surface area contributed by atoms with Gasteiger partial charge in [0.05, 0.1) is 21.8 Å². The molecule has 42 heavy (non-hydrogen) atoms. The van der Waals surface area contributed by atoms with Gasteiger partial charge in [-0.2, -0.15) is 5.26 Å². The molecule has 0 radical (unpaired) electrons. The number of rotatable bonds is 12. The van der Waals surface area contributed by atoms with Gasteiger partial charge in [-0.25, -0.2) is 0 Å². The zero-order valence-electron chi connectivity index (χ0n) is 25.7. The lowest BCUT2D eigenvalue weighted by Crippen LogP contribution is -2.40. The first kappa shape index (κ1) is 30.7. The van der Waals surface area contributed by atoms with Crippen molar-refractivity contribution in [3.63, 3.8) is 0 Å². The summed E-state index contributed by atoms with van der Waals surface area (Å²) in [4.78, 5) is 4.99. The van der Waals surface area contributed by atoms with Gasteiger partial charge in [-0.05, 0) is 74.3 Å². The van der Waals surface area contributed by atoms with E-state index < -0.39 is 0 Å². The van der Waals surface area contributed by atoms with E-state index in [9.17, 15) is 5.26 Å². The molecule has 226 valence electrons. The Hall–Kier alpha value is -2.72. The van der Waals surface area contributed by atoms with E-state index in [0.29, 0.717) is 22.4 Å². The summed E-state index contributed by atoms with van der Waals surface area (Å²) in [7, 11) is 2.00. The maximum atomic E-state index is 9.60. The molecule has 2 aromatic carbocycles. The minimum Gasteiger partial charge on any atom is -0.372 e. The molecule has 0 N–H and O–H groups in total. The summed E-state index contributed by atoms with van der Waals surface area (Å²) in [6.45, 7) is 10.1. The number of ether oxygens (including phenoxy) is 2. The first-order valence-electron chi connectivity index (χ1n) is 16.0.